The van der Waals surface area contributed by atoms with Gasteiger partial charge < -0.3 is 9.53 Å². The third-order valence-electron chi connectivity index (χ3n) is 5.78. The van der Waals surface area contributed by atoms with E-state index in [0.717, 1.165) is 31.1 Å². The Kier molecular flexibility index (Phi) is 6.57. The Balaban J connectivity index is 1.88. The van der Waals surface area contributed by atoms with Gasteiger partial charge in [-0.3, -0.25) is 10.1 Å². The maximum absolute atomic E-state index is 12.1. The molecule has 0 amide bonds. The highest BCUT2D eigenvalue weighted by atomic mass is 16.6. The van der Waals surface area contributed by atoms with Crippen LogP contribution in [-0.2, 0) is 9.53 Å². The lowest BCUT2D eigenvalue weighted by atomic mass is 9.80. The Labute approximate surface area is 165 Å². The van der Waals surface area contributed by atoms with Gasteiger partial charge in [-0.2, -0.15) is 0 Å². The van der Waals surface area contributed by atoms with Crippen LogP contribution in [0.5, 0.6) is 0 Å². The quantitative estimate of drug-likeness (QED) is 0.393. The van der Waals surface area contributed by atoms with Crippen molar-refractivity contribution >= 4 is 6.29 Å². The van der Waals surface area contributed by atoms with E-state index in [9.17, 15) is 14.9 Å². The van der Waals surface area contributed by atoms with Crippen molar-refractivity contribution in [1.82, 2.24) is 0 Å². The van der Waals surface area contributed by atoms with E-state index >= 15 is 0 Å². The standard InChI is InChI=1S/C23H27NO4/c1-16-8-6-9-17(2)23(16)22-13-7-12-21(28-22)20(15-25)19(14-24(26)27)18-10-4-3-5-11-18/h3-6,8-11,15,19-22H,7,12-14H2,1-2H3/t19-,20+,21+,22-/m1/s1. The van der Waals surface area contributed by atoms with Crippen molar-refractivity contribution < 1.29 is 14.5 Å². The minimum absolute atomic E-state index is 0.0746. The lowest BCUT2D eigenvalue weighted by molar-refractivity contribution is -0.485. The molecule has 0 unspecified atom stereocenters. The number of nitro groups is 1. The van der Waals surface area contributed by atoms with Crippen LogP contribution < -0.4 is 0 Å². The summed E-state index contributed by atoms with van der Waals surface area (Å²) < 4.78 is 6.42. The molecule has 0 saturated carbocycles. The third-order valence-corrected chi connectivity index (χ3v) is 5.78. The molecule has 28 heavy (non-hydrogen) atoms. The molecule has 1 aliphatic heterocycles. The molecule has 3 rings (SSSR count). The predicted molar refractivity (Wildman–Crippen MR) is 108 cm³/mol. The Morgan fingerprint density at radius 2 is 1.79 bits per heavy atom. The summed E-state index contributed by atoms with van der Waals surface area (Å²) in [5, 5.41) is 11.3. The van der Waals surface area contributed by atoms with Gasteiger partial charge in [0.15, 0.2) is 0 Å². The second-order valence-corrected chi connectivity index (χ2v) is 7.65. The predicted octanol–water partition coefficient (Wildman–Crippen LogP) is 4.79. The number of carbonyl (C=O) groups is 1. The maximum atomic E-state index is 12.1. The maximum Gasteiger partial charge on any atom is 0.211 e. The number of aldehydes is 1. The van der Waals surface area contributed by atoms with Gasteiger partial charge in [0.05, 0.1) is 24.0 Å². The Morgan fingerprint density at radius 3 is 2.39 bits per heavy atom. The molecule has 0 spiro atoms. The number of hydrogen-bond donors (Lipinski definition) is 0. The molecule has 0 bridgehead atoms. The van der Waals surface area contributed by atoms with Gasteiger partial charge in [-0.05, 0) is 55.4 Å². The first kappa shape index (κ1) is 20.2. The fourth-order valence-electron chi connectivity index (χ4n) is 4.43. The van der Waals surface area contributed by atoms with E-state index in [0.29, 0.717) is 0 Å². The van der Waals surface area contributed by atoms with Gasteiger partial charge in [0.25, 0.3) is 0 Å². The van der Waals surface area contributed by atoms with E-state index in [-0.39, 0.29) is 23.7 Å². The molecule has 0 aliphatic carbocycles. The molecule has 0 radical (unpaired) electrons. The number of aryl methyl sites for hydroxylation is 2. The van der Waals surface area contributed by atoms with Crippen molar-refractivity contribution in [1.29, 1.82) is 0 Å². The van der Waals surface area contributed by atoms with Gasteiger partial charge in [0, 0.05) is 4.92 Å². The first-order chi connectivity index (χ1) is 13.5. The fraction of sp³-hybridized carbons (Fsp3) is 0.435. The smallest absolute Gasteiger partial charge is 0.211 e. The summed E-state index contributed by atoms with van der Waals surface area (Å²) in [5.41, 5.74) is 4.35. The lowest BCUT2D eigenvalue weighted by Gasteiger charge is -2.36. The monoisotopic (exact) mass is 381 g/mol. The highest BCUT2D eigenvalue weighted by Gasteiger charge is 2.38. The molecule has 5 nitrogen and oxygen atoms in total. The summed E-state index contributed by atoms with van der Waals surface area (Å²) in [4.78, 5) is 23.1. The van der Waals surface area contributed by atoms with Crippen LogP contribution in [0.4, 0.5) is 0 Å². The van der Waals surface area contributed by atoms with Crippen LogP contribution in [0, 0.1) is 29.9 Å². The Hall–Kier alpha value is -2.53. The summed E-state index contributed by atoms with van der Waals surface area (Å²) in [6.07, 6.45) is 3.05. The number of nitrogens with zero attached hydrogens (tertiary/aromatic N) is 1. The highest BCUT2D eigenvalue weighted by Crippen LogP contribution is 2.39. The van der Waals surface area contributed by atoms with Gasteiger partial charge in [0.1, 0.15) is 6.29 Å². The summed E-state index contributed by atoms with van der Waals surface area (Å²) in [6.45, 7) is 3.87. The molecule has 1 heterocycles. The zero-order chi connectivity index (χ0) is 20.1. The Bertz CT molecular complexity index is 800. The van der Waals surface area contributed by atoms with Crippen molar-refractivity contribution in [2.75, 3.05) is 6.54 Å². The number of carbonyl (C=O) groups excluding carboxylic acids is 1. The SMILES string of the molecule is Cc1cccc(C)c1[C@H]1CCC[C@@H]([C@@H](C=O)[C@H](C[N+](=O)[O-])c2ccccc2)O1. The van der Waals surface area contributed by atoms with Crippen LogP contribution in [0.1, 0.15) is 53.5 Å². The van der Waals surface area contributed by atoms with Gasteiger partial charge in [-0.1, -0.05) is 48.5 Å². The fourth-order valence-corrected chi connectivity index (χ4v) is 4.43. The summed E-state index contributed by atoms with van der Waals surface area (Å²) in [7, 11) is 0. The van der Waals surface area contributed by atoms with Crippen molar-refractivity contribution in [2.45, 2.75) is 51.2 Å². The van der Waals surface area contributed by atoms with Gasteiger partial charge in [0.2, 0.25) is 6.54 Å². The Morgan fingerprint density at radius 1 is 1.11 bits per heavy atom. The van der Waals surface area contributed by atoms with Gasteiger partial charge in [-0.25, -0.2) is 0 Å². The lowest BCUT2D eigenvalue weighted by Crippen LogP contribution is -2.37. The minimum Gasteiger partial charge on any atom is -0.370 e. The number of ether oxygens (including phenoxy) is 1. The first-order valence-corrected chi connectivity index (χ1v) is 9.85. The second kappa shape index (κ2) is 9.11. The van der Waals surface area contributed by atoms with Crippen molar-refractivity contribution in [3.8, 4) is 0 Å². The minimum atomic E-state index is -0.542. The zero-order valence-corrected chi connectivity index (χ0v) is 16.4. The largest absolute Gasteiger partial charge is 0.370 e. The number of hydrogen-bond acceptors (Lipinski definition) is 4. The third kappa shape index (κ3) is 4.47. The normalized spacial score (nSPS) is 21.6. The molecule has 0 N–H and O–H groups in total. The van der Waals surface area contributed by atoms with Gasteiger partial charge >= 0.3 is 0 Å². The molecule has 4 atom stereocenters. The van der Waals surface area contributed by atoms with Crippen LogP contribution in [0.15, 0.2) is 48.5 Å². The summed E-state index contributed by atoms with van der Waals surface area (Å²) in [6, 6.07) is 15.5. The molecular weight excluding hydrogens is 354 g/mol. The van der Waals surface area contributed by atoms with Crippen molar-refractivity contribution in [2.24, 2.45) is 5.92 Å². The highest BCUT2D eigenvalue weighted by molar-refractivity contribution is 5.57. The average Bonchev–Trinajstić information content (AvgIpc) is 2.68. The molecule has 1 fully saturated rings. The number of benzene rings is 2. The van der Waals surface area contributed by atoms with Crippen LogP contribution in [0.25, 0.3) is 0 Å². The topological polar surface area (TPSA) is 69.4 Å². The summed E-state index contributed by atoms with van der Waals surface area (Å²) in [5.74, 6) is -1.03. The van der Waals surface area contributed by atoms with Gasteiger partial charge in [-0.15, -0.1) is 0 Å². The van der Waals surface area contributed by atoms with Crippen molar-refractivity contribution in [3.05, 3.63) is 80.9 Å². The number of rotatable bonds is 7. The van der Waals surface area contributed by atoms with E-state index in [4.69, 9.17) is 4.74 Å². The molecule has 2 aromatic rings. The summed E-state index contributed by atoms with van der Waals surface area (Å²) >= 11 is 0. The van der Waals surface area contributed by atoms with Crippen LogP contribution in [0.3, 0.4) is 0 Å². The van der Waals surface area contributed by atoms with E-state index in [2.05, 4.69) is 26.0 Å². The molecule has 2 aromatic carbocycles. The molecule has 148 valence electrons. The molecular formula is C23H27NO4. The first-order valence-electron chi connectivity index (χ1n) is 9.85. The van der Waals surface area contributed by atoms with Crippen LogP contribution in [0.2, 0.25) is 0 Å². The van der Waals surface area contributed by atoms with E-state index < -0.39 is 11.8 Å². The second-order valence-electron chi connectivity index (χ2n) is 7.65. The zero-order valence-electron chi connectivity index (χ0n) is 16.4. The van der Waals surface area contributed by atoms with Crippen LogP contribution in [-0.4, -0.2) is 23.9 Å². The van der Waals surface area contributed by atoms with E-state index in [1.807, 2.05) is 36.4 Å². The molecule has 0 aromatic heterocycles. The molecule has 5 heteroatoms. The molecule has 1 aliphatic rings. The average molecular weight is 381 g/mol. The molecule has 1 saturated heterocycles. The van der Waals surface area contributed by atoms with Crippen molar-refractivity contribution in [3.63, 3.8) is 0 Å². The van der Waals surface area contributed by atoms with E-state index in [1.54, 1.807) is 0 Å². The van der Waals surface area contributed by atoms with Crippen LogP contribution >= 0.6 is 0 Å². The van der Waals surface area contributed by atoms with E-state index in [1.165, 1.54) is 16.7 Å².